The minimum Gasteiger partial charge on any atom is -0.435 e. The highest BCUT2D eigenvalue weighted by Gasteiger charge is 2.26. The number of benzene rings is 1. The molecule has 1 aromatic carbocycles. The number of halogens is 5. The van der Waals surface area contributed by atoms with Gasteiger partial charge in [-0.25, -0.2) is 26.9 Å². The topological polar surface area (TPSA) is 101 Å². The molecule has 2 heterocycles. The summed E-state index contributed by atoms with van der Waals surface area (Å²) in [7, 11) is -4.37. The minimum atomic E-state index is -4.37. The predicted octanol–water partition coefficient (Wildman–Crippen LogP) is 5.24. The van der Waals surface area contributed by atoms with E-state index in [-0.39, 0.29) is 27.4 Å². The van der Waals surface area contributed by atoms with Crippen molar-refractivity contribution in [2.75, 3.05) is 6.54 Å². The van der Waals surface area contributed by atoms with Crippen molar-refractivity contribution < 1.29 is 35.5 Å². The van der Waals surface area contributed by atoms with Gasteiger partial charge in [-0.05, 0) is 36.4 Å². The predicted molar refractivity (Wildman–Crippen MR) is 121 cm³/mol. The number of nitrogens with zero attached hydrogens (tertiary/aromatic N) is 1. The molecule has 0 radical (unpaired) electrons. The van der Waals surface area contributed by atoms with Crippen LogP contribution in [-0.2, 0) is 10.0 Å². The maximum absolute atomic E-state index is 15.1. The maximum atomic E-state index is 15.1. The molecule has 184 valence electrons. The highest BCUT2D eigenvalue weighted by atomic mass is 35.5. The number of nitrogens with one attached hydrogen (secondary N) is 2. The summed E-state index contributed by atoms with van der Waals surface area (Å²) in [6.45, 7) is -0.888. The van der Waals surface area contributed by atoms with E-state index >= 15 is 4.39 Å². The fourth-order valence-electron chi connectivity index (χ4n) is 2.98. The Morgan fingerprint density at radius 1 is 1.26 bits per heavy atom. The molecule has 0 atom stereocenters. The highest BCUT2D eigenvalue weighted by Crippen LogP contribution is 2.28. The molecule has 2 aromatic heterocycles. The lowest BCUT2D eigenvalue weighted by Gasteiger charge is -2.10. The third-order valence-corrected chi connectivity index (χ3v) is 6.14. The smallest absolute Gasteiger partial charge is 0.387 e. The summed E-state index contributed by atoms with van der Waals surface area (Å²) in [5.74, 6) is -4.10. The third kappa shape index (κ3) is 6.15. The van der Waals surface area contributed by atoms with Gasteiger partial charge in [0.25, 0.3) is 0 Å². The number of aromatic nitrogens is 2. The molecule has 0 unspecified atom stereocenters. The molecule has 0 saturated carbocycles. The maximum Gasteiger partial charge on any atom is 0.387 e. The second-order valence-corrected chi connectivity index (χ2v) is 8.99. The number of rotatable bonds is 10. The van der Waals surface area contributed by atoms with Crippen LogP contribution in [0.3, 0.4) is 0 Å². The lowest BCUT2D eigenvalue weighted by molar-refractivity contribution is -0.0498. The average molecular weight is 530 g/mol. The Bertz CT molecular complexity index is 1430. The molecule has 0 bridgehead atoms. The van der Waals surface area contributed by atoms with Gasteiger partial charge in [-0.2, -0.15) is 8.78 Å². The van der Waals surface area contributed by atoms with Gasteiger partial charge in [-0.1, -0.05) is 24.3 Å². The summed E-state index contributed by atoms with van der Waals surface area (Å²) in [6, 6.07) is 5.24. The Kier molecular flexibility index (Phi) is 8.10. The van der Waals surface area contributed by atoms with E-state index in [9.17, 15) is 26.4 Å². The first-order valence-corrected chi connectivity index (χ1v) is 11.5. The van der Waals surface area contributed by atoms with Crippen LogP contribution in [0.15, 0.2) is 83.6 Å². The fraction of sp³-hybridized carbons (Fsp3) is 0.0909. The summed E-state index contributed by atoms with van der Waals surface area (Å²) in [5, 5.41) is 0.378. The van der Waals surface area contributed by atoms with E-state index in [1.165, 1.54) is 18.5 Å². The lowest BCUT2D eigenvalue weighted by Crippen LogP contribution is -2.26. The number of allylic oxidation sites excluding steroid dienone is 4. The Morgan fingerprint density at radius 2 is 1.94 bits per heavy atom. The molecule has 0 spiro atoms. The number of carbonyl (C=O) groups excluding carboxylic acids is 1. The van der Waals surface area contributed by atoms with Crippen molar-refractivity contribution in [3.05, 3.63) is 89.3 Å². The Labute approximate surface area is 201 Å². The van der Waals surface area contributed by atoms with Gasteiger partial charge in [0.2, 0.25) is 15.8 Å². The number of sulfonamides is 1. The third-order valence-electron chi connectivity index (χ3n) is 4.52. The first kappa shape index (κ1) is 26.1. The number of alkyl halides is 2. The molecular weight excluding hydrogens is 514 g/mol. The minimum absolute atomic E-state index is 0.148. The number of Topliss-reactive ketones (excluding diaryl/α,β-unsaturated/α-hetero) is 1. The Balaban J connectivity index is 1.92. The summed E-state index contributed by atoms with van der Waals surface area (Å²) >= 11 is 5.91. The van der Waals surface area contributed by atoms with Crippen LogP contribution in [0.25, 0.3) is 11.0 Å². The number of H-pyrrole nitrogens is 1. The summed E-state index contributed by atoms with van der Waals surface area (Å²) in [4.78, 5) is 19.3. The van der Waals surface area contributed by atoms with Gasteiger partial charge in [0.1, 0.15) is 23.1 Å². The van der Waals surface area contributed by atoms with Crippen molar-refractivity contribution in [1.82, 2.24) is 14.7 Å². The molecule has 2 N–H and O–H groups in total. The normalized spacial score (nSPS) is 13.1. The molecule has 0 aliphatic carbocycles. The second-order valence-electron chi connectivity index (χ2n) is 6.79. The Morgan fingerprint density at radius 3 is 2.57 bits per heavy atom. The van der Waals surface area contributed by atoms with Crippen LogP contribution in [0, 0.1) is 0 Å². The van der Waals surface area contributed by atoms with E-state index in [4.69, 9.17) is 11.6 Å². The quantitative estimate of drug-likeness (QED) is 0.162. The van der Waals surface area contributed by atoms with Crippen LogP contribution in [0.4, 0.5) is 17.6 Å². The first-order chi connectivity index (χ1) is 16.5. The van der Waals surface area contributed by atoms with E-state index < -0.39 is 51.1 Å². The molecule has 3 rings (SSSR count). The first-order valence-electron chi connectivity index (χ1n) is 9.62. The van der Waals surface area contributed by atoms with E-state index in [1.807, 2.05) is 4.72 Å². The van der Waals surface area contributed by atoms with Crippen molar-refractivity contribution in [3.8, 4) is 5.75 Å². The van der Waals surface area contributed by atoms with E-state index in [0.29, 0.717) is 0 Å². The summed E-state index contributed by atoms with van der Waals surface area (Å²) in [6.07, 6.45) is 4.23. The molecule has 13 heteroatoms. The van der Waals surface area contributed by atoms with Crippen LogP contribution in [-0.4, -0.2) is 37.3 Å². The summed E-state index contributed by atoms with van der Waals surface area (Å²) < 4.78 is 85.3. The highest BCUT2D eigenvalue weighted by molar-refractivity contribution is 7.89. The molecule has 0 aliphatic heterocycles. The second kappa shape index (κ2) is 10.8. The number of ketones is 1. The van der Waals surface area contributed by atoms with Gasteiger partial charge in [0, 0.05) is 23.3 Å². The molecule has 7 nitrogen and oxygen atoms in total. The number of hydrogen-bond donors (Lipinski definition) is 2. The number of pyridine rings is 1. The van der Waals surface area contributed by atoms with Gasteiger partial charge in [0.05, 0.1) is 22.0 Å². The van der Waals surface area contributed by atoms with Crippen molar-refractivity contribution in [1.29, 1.82) is 0 Å². The summed E-state index contributed by atoms with van der Waals surface area (Å²) in [5.41, 5.74) is -0.940. The van der Waals surface area contributed by atoms with Crippen LogP contribution < -0.4 is 9.46 Å². The standard InChI is InChI=1S/C22H16ClF4N3O4S/c1-2-3-17(24)19(20(31)16-10-29-21-15(16)8-12(23)9-28-21)18(25)11-30-35(32,33)14-6-4-13(5-7-14)34-22(26)27/h2-10,22,30H,1,11H2,(H,28,29)/b17-3+,19-18-. The van der Waals surface area contributed by atoms with Gasteiger partial charge >= 0.3 is 6.61 Å². The monoisotopic (exact) mass is 529 g/mol. The SMILES string of the molecule is C=C/C=C(F)\C(C(=O)c1c[nH]c2ncc(Cl)cc12)=C(\F)CNS(=O)(=O)c1ccc(OC(F)F)cc1. The van der Waals surface area contributed by atoms with Crippen LogP contribution >= 0.6 is 11.6 Å². The zero-order valence-electron chi connectivity index (χ0n) is 17.6. The largest absolute Gasteiger partial charge is 0.435 e. The van der Waals surface area contributed by atoms with Crippen LogP contribution in [0.2, 0.25) is 5.02 Å². The van der Waals surface area contributed by atoms with Gasteiger partial charge in [-0.15, -0.1) is 0 Å². The number of ether oxygens (including phenoxy) is 1. The van der Waals surface area contributed by atoms with Crippen molar-refractivity contribution in [3.63, 3.8) is 0 Å². The van der Waals surface area contributed by atoms with Crippen LogP contribution in [0.1, 0.15) is 10.4 Å². The molecule has 3 aromatic rings. The van der Waals surface area contributed by atoms with E-state index in [2.05, 4.69) is 21.3 Å². The number of fused-ring (bicyclic) bond motifs is 1. The lowest BCUT2D eigenvalue weighted by atomic mass is 10.0. The molecule has 35 heavy (non-hydrogen) atoms. The molecule has 0 amide bonds. The number of carbonyl (C=O) groups is 1. The van der Waals surface area contributed by atoms with E-state index in [1.54, 1.807) is 0 Å². The average Bonchev–Trinajstić information content (AvgIpc) is 3.21. The van der Waals surface area contributed by atoms with E-state index in [0.717, 1.165) is 36.4 Å². The molecule has 0 saturated heterocycles. The van der Waals surface area contributed by atoms with Gasteiger partial charge < -0.3 is 9.72 Å². The Hall–Kier alpha value is -3.48. The zero-order chi connectivity index (χ0) is 25.8. The molecule has 0 aliphatic rings. The van der Waals surface area contributed by atoms with Crippen molar-refractivity contribution in [2.45, 2.75) is 11.5 Å². The van der Waals surface area contributed by atoms with Crippen LogP contribution in [0.5, 0.6) is 5.75 Å². The number of hydrogen-bond acceptors (Lipinski definition) is 5. The zero-order valence-corrected chi connectivity index (χ0v) is 19.1. The van der Waals surface area contributed by atoms with Gasteiger partial charge in [0.15, 0.2) is 0 Å². The fourth-order valence-corrected chi connectivity index (χ4v) is 4.11. The molecular formula is C22H16ClF4N3O4S. The van der Waals surface area contributed by atoms with Gasteiger partial charge in [-0.3, -0.25) is 4.79 Å². The van der Waals surface area contributed by atoms with Crippen molar-refractivity contribution in [2.24, 2.45) is 0 Å². The number of aromatic amines is 1. The molecule has 0 fully saturated rings. The van der Waals surface area contributed by atoms with Crippen molar-refractivity contribution >= 4 is 38.4 Å².